The van der Waals surface area contributed by atoms with Gasteiger partial charge in [0.15, 0.2) is 0 Å². The highest BCUT2D eigenvalue weighted by Crippen LogP contribution is 2.37. The Kier molecular flexibility index (Phi) is 4.27. The van der Waals surface area contributed by atoms with Crippen molar-refractivity contribution in [3.63, 3.8) is 0 Å². The van der Waals surface area contributed by atoms with Gasteiger partial charge in [-0.15, -0.1) is 0 Å². The molecule has 0 saturated heterocycles. The average molecular weight is 222 g/mol. The molecule has 0 heterocycles. The van der Waals surface area contributed by atoms with Crippen LogP contribution in [0.1, 0.15) is 51.2 Å². The molecule has 84 valence electrons. The van der Waals surface area contributed by atoms with Crippen LogP contribution in [-0.2, 0) is 5.75 Å². The summed E-state index contributed by atoms with van der Waals surface area (Å²) in [6, 6.07) is 8.89. The van der Waals surface area contributed by atoms with E-state index in [4.69, 9.17) is 0 Å². The van der Waals surface area contributed by atoms with Crippen LogP contribution in [0.2, 0.25) is 0 Å². The van der Waals surface area contributed by atoms with E-state index >= 15 is 0 Å². The lowest BCUT2D eigenvalue weighted by Crippen LogP contribution is -2.17. The van der Waals surface area contributed by atoms with Crippen molar-refractivity contribution < 1.29 is 0 Å². The van der Waals surface area contributed by atoms with Crippen LogP contribution in [0.25, 0.3) is 0 Å². The van der Waals surface area contributed by atoms with Crippen LogP contribution in [0.15, 0.2) is 24.3 Å². The van der Waals surface area contributed by atoms with Crippen molar-refractivity contribution in [1.82, 2.24) is 0 Å². The zero-order valence-corrected chi connectivity index (χ0v) is 11.1. The highest BCUT2D eigenvalue weighted by atomic mass is 32.1. The van der Waals surface area contributed by atoms with E-state index in [9.17, 15) is 0 Å². The predicted molar refractivity (Wildman–Crippen MR) is 71.6 cm³/mol. The standard InChI is InChI=1S/C14H22S/c1-5-13(14(2,3)4)12-8-6-11(10-15)7-9-12/h6-9,13,15H,5,10H2,1-4H3. The van der Waals surface area contributed by atoms with E-state index in [0.29, 0.717) is 11.3 Å². The Labute approximate surface area is 99.5 Å². The number of rotatable bonds is 3. The van der Waals surface area contributed by atoms with Gasteiger partial charge in [0.2, 0.25) is 0 Å². The van der Waals surface area contributed by atoms with Crippen LogP contribution in [-0.4, -0.2) is 0 Å². The Morgan fingerprint density at radius 2 is 1.67 bits per heavy atom. The molecule has 0 amide bonds. The van der Waals surface area contributed by atoms with Gasteiger partial charge < -0.3 is 0 Å². The fourth-order valence-corrected chi connectivity index (χ4v) is 2.41. The second-order valence-corrected chi connectivity index (χ2v) is 5.54. The van der Waals surface area contributed by atoms with Gasteiger partial charge in [0, 0.05) is 5.75 Å². The highest BCUT2D eigenvalue weighted by molar-refractivity contribution is 7.79. The average Bonchev–Trinajstić information content (AvgIpc) is 2.18. The largest absolute Gasteiger partial charge is 0.175 e. The Morgan fingerprint density at radius 3 is 2.00 bits per heavy atom. The van der Waals surface area contributed by atoms with Crippen LogP contribution in [0.3, 0.4) is 0 Å². The predicted octanol–water partition coefficient (Wildman–Crippen LogP) is 4.66. The van der Waals surface area contributed by atoms with Crippen LogP contribution in [0, 0.1) is 5.41 Å². The molecule has 0 aliphatic rings. The normalized spacial score (nSPS) is 13.9. The lowest BCUT2D eigenvalue weighted by molar-refractivity contribution is 0.312. The monoisotopic (exact) mass is 222 g/mol. The molecule has 0 N–H and O–H groups in total. The van der Waals surface area contributed by atoms with Crippen molar-refractivity contribution in [1.29, 1.82) is 0 Å². The van der Waals surface area contributed by atoms with Crippen molar-refractivity contribution in [2.45, 2.75) is 45.8 Å². The molecule has 0 bridgehead atoms. The minimum Gasteiger partial charge on any atom is -0.175 e. The van der Waals surface area contributed by atoms with Crippen LogP contribution in [0.4, 0.5) is 0 Å². The van der Waals surface area contributed by atoms with E-state index in [2.05, 4.69) is 64.6 Å². The molecule has 1 unspecified atom stereocenters. The first kappa shape index (κ1) is 12.6. The van der Waals surface area contributed by atoms with E-state index in [1.54, 1.807) is 0 Å². The van der Waals surface area contributed by atoms with Gasteiger partial charge >= 0.3 is 0 Å². The Morgan fingerprint density at radius 1 is 1.13 bits per heavy atom. The minimum atomic E-state index is 0.344. The second kappa shape index (κ2) is 5.07. The van der Waals surface area contributed by atoms with E-state index < -0.39 is 0 Å². The summed E-state index contributed by atoms with van der Waals surface area (Å²) in [6.45, 7) is 9.21. The van der Waals surface area contributed by atoms with Crippen LogP contribution in [0.5, 0.6) is 0 Å². The van der Waals surface area contributed by atoms with Gasteiger partial charge in [0.1, 0.15) is 0 Å². The first-order valence-electron chi connectivity index (χ1n) is 5.68. The fourth-order valence-electron chi connectivity index (χ4n) is 2.20. The summed E-state index contributed by atoms with van der Waals surface area (Å²) >= 11 is 4.28. The Hall–Kier alpha value is -0.430. The summed E-state index contributed by atoms with van der Waals surface area (Å²) in [4.78, 5) is 0. The van der Waals surface area contributed by atoms with E-state index in [1.165, 1.54) is 17.5 Å². The van der Waals surface area contributed by atoms with Crippen molar-refractivity contribution in [3.8, 4) is 0 Å². The molecule has 1 atom stereocenters. The quantitative estimate of drug-likeness (QED) is 0.707. The maximum Gasteiger partial charge on any atom is 0.0154 e. The third-order valence-electron chi connectivity index (χ3n) is 3.02. The lowest BCUT2D eigenvalue weighted by atomic mass is 9.75. The summed E-state index contributed by atoms with van der Waals surface area (Å²) in [5, 5.41) is 0. The van der Waals surface area contributed by atoms with Gasteiger partial charge in [-0.2, -0.15) is 12.6 Å². The first-order valence-corrected chi connectivity index (χ1v) is 6.32. The zero-order chi connectivity index (χ0) is 11.5. The molecular formula is C14H22S. The molecule has 15 heavy (non-hydrogen) atoms. The molecule has 1 aromatic carbocycles. The van der Waals surface area contributed by atoms with Gasteiger partial charge in [-0.25, -0.2) is 0 Å². The van der Waals surface area contributed by atoms with Crippen molar-refractivity contribution in [3.05, 3.63) is 35.4 Å². The summed E-state index contributed by atoms with van der Waals surface area (Å²) in [7, 11) is 0. The maximum absolute atomic E-state index is 4.28. The fraction of sp³-hybridized carbons (Fsp3) is 0.571. The lowest BCUT2D eigenvalue weighted by Gasteiger charge is -2.30. The van der Waals surface area contributed by atoms with Crippen molar-refractivity contribution in [2.75, 3.05) is 0 Å². The van der Waals surface area contributed by atoms with Crippen LogP contribution >= 0.6 is 12.6 Å². The molecule has 1 rings (SSSR count). The molecule has 0 aliphatic heterocycles. The highest BCUT2D eigenvalue weighted by Gasteiger charge is 2.24. The SMILES string of the molecule is CCC(c1ccc(CS)cc1)C(C)(C)C. The second-order valence-electron chi connectivity index (χ2n) is 5.23. The number of hydrogen-bond acceptors (Lipinski definition) is 1. The van der Waals surface area contributed by atoms with E-state index in [-0.39, 0.29) is 0 Å². The van der Waals surface area contributed by atoms with Gasteiger partial charge in [-0.3, -0.25) is 0 Å². The summed E-state index contributed by atoms with van der Waals surface area (Å²) in [6.07, 6.45) is 1.20. The molecule has 0 aliphatic carbocycles. The molecule has 0 aromatic heterocycles. The van der Waals surface area contributed by atoms with Gasteiger partial charge in [-0.1, -0.05) is 52.0 Å². The van der Waals surface area contributed by atoms with Gasteiger partial charge in [-0.05, 0) is 28.9 Å². The molecule has 0 spiro atoms. The first-order chi connectivity index (χ1) is 6.99. The zero-order valence-electron chi connectivity index (χ0n) is 10.2. The molecule has 1 heteroatoms. The van der Waals surface area contributed by atoms with Crippen LogP contribution < -0.4 is 0 Å². The summed E-state index contributed by atoms with van der Waals surface area (Å²) in [5.74, 6) is 1.47. The molecule has 0 radical (unpaired) electrons. The summed E-state index contributed by atoms with van der Waals surface area (Å²) in [5.41, 5.74) is 3.10. The number of benzene rings is 1. The molecule has 0 fully saturated rings. The van der Waals surface area contributed by atoms with E-state index in [1.807, 2.05) is 0 Å². The van der Waals surface area contributed by atoms with Gasteiger partial charge in [0.05, 0.1) is 0 Å². The maximum atomic E-state index is 4.28. The summed E-state index contributed by atoms with van der Waals surface area (Å²) < 4.78 is 0. The molecular weight excluding hydrogens is 200 g/mol. The van der Waals surface area contributed by atoms with Crippen molar-refractivity contribution >= 4 is 12.6 Å². The number of hydrogen-bond donors (Lipinski definition) is 1. The molecule has 0 saturated carbocycles. The van der Waals surface area contributed by atoms with Crippen molar-refractivity contribution in [2.24, 2.45) is 5.41 Å². The third-order valence-corrected chi connectivity index (χ3v) is 3.38. The topological polar surface area (TPSA) is 0 Å². The Balaban J connectivity index is 2.93. The van der Waals surface area contributed by atoms with Gasteiger partial charge in [0.25, 0.3) is 0 Å². The third kappa shape index (κ3) is 3.27. The molecule has 1 aromatic rings. The number of thiol groups is 1. The smallest absolute Gasteiger partial charge is 0.0154 e. The Bertz CT molecular complexity index is 292. The molecule has 0 nitrogen and oxygen atoms in total. The minimum absolute atomic E-state index is 0.344. The van der Waals surface area contributed by atoms with E-state index in [0.717, 1.165) is 5.75 Å².